The molecule has 100 valence electrons. The van der Waals surface area contributed by atoms with Gasteiger partial charge in [0.1, 0.15) is 0 Å². The van der Waals surface area contributed by atoms with Crippen LogP contribution in [0.4, 0.5) is 4.39 Å². The van der Waals surface area contributed by atoms with E-state index in [-0.39, 0.29) is 58.1 Å². The molecule has 0 nitrogen and oxygen atoms in total. The van der Waals surface area contributed by atoms with Gasteiger partial charge in [-0.15, -0.1) is 0 Å². The van der Waals surface area contributed by atoms with Gasteiger partial charge in [0.15, 0.2) is 0 Å². The summed E-state index contributed by atoms with van der Waals surface area (Å²) in [6.45, 7) is 2.14. The van der Waals surface area contributed by atoms with Crippen molar-refractivity contribution < 1.29 is 4.39 Å². The Kier molecular flexibility index (Phi) is 24.4. The maximum atomic E-state index is 11.8. The molecule has 0 N–H and O–H groups in total. The maximum absolute atomic E-state index is 11.8. The molecule has 0 radical (unpaired) electrons. The van der Waals surface area contributed by atoms with Gasteiger partial charge >= 0.3 is 51.4 Å². The van der Waals surface area contributed by atoms with Crippen molar-refractivity contribution in [3.05, 3.63) is 0 Å². The molecule has 0 heterocycles. The van der Waals surface area contributed by atoms with Crippen molar-refractivity contribution in [1.29, 1.82) is 0 Å². The molecule has 0 aliphatic heterocycles. The topological polar surface area (TPSA) is 0 Å². The predicted octanol–water partition coefficient (Wildman–Crippen LogP) is 5.40. The fraction of sp³-hybridized carbons (Fsp3) is 1.00. The summed E-state index contributed by atoms with van der Waals surface area (Å²) in [6, 6.07) is 0. The monoisotopic (exact) mass is 270 g/mol. The molecular formula is C15H32FK. The molecule has 0 aliphatic carbocycles. The van der Waals surface area contributed by atoms with Crippen LogP contribution >= 0.6 is 0 Å². The molecule has 0 unspecified atom stereocenters. The molecule has 2 heteroatoms. The Morgan fingerprint density at radius 1 is 0.529 bits per heavy atom. The van der Waals surface area contributed by atoms with Crippen LogP contribution in [-0.4, -0.2) is 58.1 Å². The second-order valence-corrected chi connectivity index (χ2v) is 4.93. The van der Waals surface area contributed by atoms with Gasteiger partial charge in [0.2, 0.25) is 0 Å². The number of halogens is 1. The Morgan fingerprint density at radius 3 is 1.12 bits per heavy atom. The molecule has 0 saturated carbocycles. The van der Waals surface area contributed by atoms with Gasteiger partial charge in [0.05, 0.1) is 6.67 Å². The number of hydrogen-bond donors (Lipinski definition) is 0. The van der Waals surface area contributed by atoms with Crippen LogP contribution in [0.3, 0.4) is 0 Å². The van der Waals surface area contributed by atoms with E-state index in [2.05, 4.69) is 6.92 Å². The minimum absolute atomic E-state index is 0. The Labute approximate surface area is 151 Å². The molecular weight excluding hydrogens is 238 g/mol. The third-order valence-electron chi connectivity index (χ3n) is 3.24. The van der Waals surface area contributed by atoms with E-state index in [1.807, 2.05) is 0 Å². The van der Waals surface area contributed by atoms with Crippen LogP contribution in [0.5, 0.6) is 0 Å². The standard InChI is InChI=1S/C15H31F.K.H/c1-2-3-4-5-6-7-8-9-10-11-12-13-14-15-16;;/h2-15H2,1H3;;. The van der Waals surface area contributed by atoms with Crippen LogP contribution in [0, 0.1) is 0 Å². The van der Waals surface area contributed by atoms with E-state index < -0.39 is 0 Å². The fourth-order valence-corrected chi connectivity index (χ4v) is 2.11. The Morgan fingerprint density at radius 2 is 0.824 bits per heavy atom. The van der Waals surface area contributed by atoms with Gasteiger partial charge < -0.3 is 0 Å². The Bertz CT molecular complexity index is 103. The Balaban J connectivity index is 0. The summed E-state index contributed by atoms with van der Waals surface area (Å²) in [6.07, 6.45) is 17.1. The Hall–Kier alpha value is 1.57. The molecule has 0 aromatic carbocycles. The number of unbranched alkanes of at least 4 members (excludes halogenated alkanes) is 12. The second kappa shape index (κ2) is 19.9. The van der Waals surface area contributed by atoms with Crippen LogP contribution in [0.15, 0.2) is 0 Å². The van der Waals surface area contributed by atoms with E-state index in [1.54, 1.807) is 0 Å². The van der Waals surface area contributed by atoms with Crippen LogP contribution in [-0.2, 0) is 0 Å². The van der Waals surface area contributed by atoms with E-state index in [0.29, 0.717) is 0 Å². The van der Waals surface area contributed by atoms with Gasteiger partial charge in [-0.1, -0.05) is 84.0 Å². The SMILES string of the molecule is CCCCCCCCCCCCCCCF.[KH]. The first kappa shape index (κ1) is 20.9. The molecule has 0 fully saturated rings. The van der Waals surface area contributed by atoms with E-state index >= 15 is 0 Å². The summed E-state index contributed by atoms with van der Waals surface area (Å²) < 4.78 is 11.8. The fourth-order valence-electron chi connectivity index (χ4n) is 2.11. The average molecular weight is 271 g/mol. The van der Waals surface area contributed by atoms with Crippen LogP contribution in [0.1, 0.15) is 90.4 Å². The summed E-state index contributed by atoms with van der Waals surface area (Å²) in [5, 5.41) is 0. The van der Waals surface area contributed by atoms with Gasteiger partial charge in [-0.3, -0.25) is 4.39 Å². The molecule has 0 spiro atoms. The summed E-state index contributed by atoms with van der Waals surface area (Å²) in [7, 11) is 0. The first-order valence-corrected chi connectivity index (χ1v) is 7.47. The molecule has 0 aliphatic rings. The zero-order valence-electron chi connectivity index (χ0n) is 11.3. The molecule has 0 aromatic rings. The third-order valence-corrected chi connectivity index (χ3v) is 3.24. The van der Waals surface area contributed by atoms with Crippen LogP contribution < -0.4 is 0 Å². The van der Waals surface area contributed by atoms with Crippen molar-refractivity contribution in [3.8, 4) is 0 Å². The molecule has 0 saturated heterocycles. The van der Waals surface area contributed by atoms with E-state index in [9.17, 15) is 4.39 Å². The molecule has 17 heavy (non-hydrogen) atoms. The molecule has 0 aromatic heterocycles. The normalized spacial score (nSPS) is 10.2. The molecule has 0 bridgehead atoms. The summed E-state index contributed by atoms with van der Waals surface area (Å²) in [4.78, 5) is 0. The summed E-state index contributed by atoms with van der Waals surface area (Å²) >= 11 is 0. The molecule has 0 atom stereocenters. The quantitative estimate of drug-likeness (QED) is 0.310. The van der Waals surface area contributed by atoms with Gasteiger partial charge in [-0.05, 0) is 6.42 Å². The van der Waals surface area contributed by atoms with Crippen molar-refractivity contribution in [2.24, 2.45) is 0 Å². The first-order valence-electron chi connectivity index (χ1n) is 7.47. The third kappa shape index (κ3) is 20.1. The van der Waals surface area contributed by atoms with Crippen molar-refractivity contribution >= 4 is 51.4 Å². The van der Waals surface area contributed by atoms with Crippen molar-refractivity contribution in [3.63, 3.8) is 0 Å². The van der Waals surface area contributed by atoms with Crippen molar-refractivity contribution in [1.82, 2.24) is 0 Å². The van der Waals surface area contributed by atoms with Gasteiger partial charge in [0.25, 0.3) is 0 Å². The molecule has 0 rings (SSSR count). The summed E-state index contributed by atoms with van der Waals surface area (Å²) in [5.74, 6) is 0. The first-order chi connectivity index (χ1) is 7.91. The second-order valence-electron chi connectivity index (χ2n) is 4.93. The van der Waals surface area contributed by atoms with Crippen molar-refractivity contribution in [2.75, 3.05) is 6.67 Å². The molecule has 0 amide bonds. The van der Waals surface area contributed by atoms with Gasteiger partial charge in [0, 0.05) is 0 Å². The minimum atomic E-state index is -0.127. The zero-order chi connectivity index (χ0) is 11.9. The van der Waals surface area contributed by atoms with Crippen LogP contribution in [0.25, 0.3) is 0 Å². The van der Waals surface area contributed by atoms with Crippen molar-refractivity contribution in [2.45, 2.75) is 90.4 Å². The van der Waals surface area contributed by atoms with E-state index in [0.717, 1.165) is 12.8 Å². The predicted molar refractivity (Wildman–Crippen MR) is 78.8 cm³/mol. The van der Waals surface area contributed by atoms with E-state index in [1.165, 1.54) is 70.6 Å². The number of rotatable bonds is 13. The number of hydrogen-bond acceptors (Lipinski definition) is 0. The van der Waals surface area contributed by atoms with Crippen LogP contribution in [0.2, 0.25) is 0 Å². The van der Waals surface area contributed by atoms with Gasteiger partial charge in [-0.2, -0.15) is 0 Å². The zero-order valence-corrected chi connectivity index (χ0v) is 11.3. The average Bonchev–Trinajstić information content (AvgIpc) is 2.31. The van der Waals surface area contributed by atoms with Gasteiger partial charge in [-0.25, -0.2) is 0 Å². The number of alkyl halides is 1. The van der Waals surface area contributed by atoms with E-state index in [4.69, 9.17) is 0 Å². The summed E-state index contributed by atoms with van der Waals surface area (Å²) in [5.41, 5.74) is 0.